The molecule has 0 spiro atoms. The van der Waals surface area contributed by atoms with E-state index in [-0.39, 0.29) is 5.91 Å². The van der Waals surface area contributed by atoms with E-state index < -0.39 is 0 Å². The number of nitrogens with zero attached hydrogens (tertiary/aromatic N) is 2. The third-order valence-electron chi connectivity index (χ3n) is 3.95. The zero-order valence-electron chi connectivity index (χ0n) is 13.4. The molecule has 0 atom stereocenters. The average molecular weight is 346 g/mol. The number of halogens is 1. The van der Waals surface area contributed by atoms with Crippen LogP contribution in [0.1, 0.15) is 15.9 Å². The van der Waals surface area contributed by atoms with Crippen molar-refractivity contribution < 1.29 is 9.53 Å². The summed E-state index contributed by atoms with van der Waals surface area (Å²) in [5, 5.41) is 3.64. The maximum Gasteiger partial charge on any atom is 0.252 e. The number of carbonyl (C=O) groups is 1. The fourth-order valence-electron chi connectivity index (χ4n) is 2.66. The number of nitrogens with one attached hydrogen (secondary N) is 1. The van der Waals surface area contributed by atoms with Crippen LogP contribution in [0.2, 0.25) is 5.02 Å². The molecule has 5 nitrogen and oxygen atoms in total. The molecule has 0 saturated carbocycles. The first-order valence-electron chi connectivity index (χ1n) is 8.03. The van der Waals surface area contributed by atoms with E-state index in [1.807, 2.05) is 30.3 Å². The van der Waals surface area contributed by atoms with Crippen LogP contribution >= 0.6 is 11.6 Å². The molecule has 1 N–H and O–H groups in total. The molecule has 1 fully saturated rings. The van der Waals surface area contributed by atoms with Gasteiger partial charge in [-0.2, -0.15) is 0 Å². The van der Waals surface area contributed by atoms with Crippen LogP contribution in [0.3, 0.4) is 0 Å². The van der Waals surface area contributed by atoms with Crippen molar-refractivity contribution in [2.24, 2.45) is 0 Å². The first-order valence-corrected chi connectivity index (χ1v) is 8.40. The second-order valence-corrected chi connectivity index (χ2v) is 6.10. The Kier molecular flexibility index (Phi) is 5.67. The van der Waals surface area contributed by atoms with E-state index in [9.17, 15) is 4.79 Å². The molecule has 0 unspecified atom stereocenters. The number of rotatable bonds is 5. The van der Waals surface area contributed by atoms with Gasteiger partial charge in [-0.05, 0) is 30.2 Å². The molecule has 24 heavy (non-hydrogen) atoms. The van der Waals surface area contributed by atoms with E-state index in [0.29, 0.717) is 30.3 Å². The van der Waals surface area contributed by atoms with E-state index in [1.165, 1.54) is 0 Å². The number of hydrogen-bond acceptors (Lipinski definition) is 4. The maximum atomic E-state index is 12.3. The molecule has 1 aromatic carbocycles. The highest BCUT2D eigenvalue weighted by atomic mass is 35.5. The molecule has 6 heteroatoms. The van der Waals surface area contributed by atoms with Crippen LogP contribution < -0.4 is 10.2 Å². The summed E-state index contributed by atoms with van der Waals surface area (Å²) in [5.74, 6) is -0.111. The molecular formula is C18H20ClN3O2. The summed E-state index contributed by atoms with van der Waals surface area (Å²) in [4.78, 5) is 18.7. The number of pyridine rings is 1. The van der Waals surface area contributed by atoms with E-state index >= 15 is 0 Å². The molecule has 1 amide bonds. The quantitative estimate of drug-likeness (QED) is 0.904. The lowest BCUT2D eigenvalue weighted by Gasteiger charge is -2.28. The van der Waals surface area contributed by atoms with E-state index in [4.69, 9.17) is 16.3 Å². The summed E-state index contributed by atoms with van der Waals surface area (Å²) in [6, 6.07) is 9.54. The van der Waals surface area contributed by atoms with Crippen molar-refractivity contribution >= 4 is 23.2 Å². The summed E-state index contributed by atoms with van der Waals surface area (Å²) in [5.41, 5.74) is 2.63. The van der Waals surface area contributed by atoms with Gasteiger partial charge in [0, 0.05) is 30.9 Å². The highest BCUT2D eigenvalue weighted by Gasteiger charge is 2.14. The molecule has 0 bridgehead atoms. The zero-order chi connectivity index (χ0) is 16.8. The van der Waals surface area contributed by atoms with Gasteiger partial charge in [0.2, 0.25) is 0 Å². The minimum Gasteiger partial charge on any atom is -0.378 e. The van der Waals surface area contributed by atoms with Gasteiger partial charge in [-0.1, -0.05) is 23.7 Å². The minimum absolute atomic E-state index is 0.111. The average Bonchev–Trinajstić information content (AvgIpc) is 2.62. The molecule has 0 radical (unpaired) electrons. The molecule has 126 valence electrons. The van der Waals surface area contributed by atoms with Gasteiger partial charge in [0.25, 0.3) is 5.91 Å². The lowest BCUT2D eigenvalue weighted by molar-refractivity contribution is 0.0954. The Morgan fingerprint density at radius 1 is 1.25 bits per heavy atom. The minimum atomic E-state index is -0.111. The summed E-state index contributed by atoms with van der Waals surface area (Å²) >= 11 is 5.96. The van der Waals surface area contributed by atoms with Gasteiger partial charge in [0.1, 0.15) is 0 Å². The summed E-state index contributed by atoms with van der Waals surface area (Å²) in [6.07, 6.45) is 4.12. The van der Waals surface area contributed by atoms with Gasteiger partial charge >= 0.3 is 0 Å². The monoisotopic (exact) mass is 345 g/mol. The van der Waals surface area contributed by atoms with Crippen LogP contribution in [0.4, 0.5) is 5.69 Å². The number of aromatic nitrogens is 1. The normalized spacial score (nSPS) is 14.5. The topological polar surface area (TPSA) is 54.5 Å². The Morgan fingerprint density at radius 2 is 2.08 bits per heavy atom. The molecule has 1 aliphatic heterocycles. The lowest BCUT2D eigenvalue weighted by atomic mass is 10.1. The van der Waals surface area contributed by atoms with Gasteiger partial charge in [-0.25, -0.2) is 0 Å². The standard InChI is InChI=1S/C18H20ClN3O2/c19-16-3-1-2-14(10-16)4-5-21-18(23)15-11-17(13-20-12-15)22-6-8-24-9-7-22/h1-3,10-13H,4-9H2,(H,21,23). The number of morpholine rings is 1. The number of benzene rings is 1. The van der Waals surface area contributed by atoms with Crippen LogP contribution in [0, 0.1) is 0 Å². The first-order chi connectivity index (χ1) is 11.7. The molecule has 2 heterocycles. The highest BCUT2D eigenvalue weighted by Crippen LogP contribution is 2.16. The SMILES string of the molecule is O=C(NCCc1cccc(Cl)c1)c1cncc(N2CCOCC2)c1. The number of ether oxygens (including phenoxy) is 1. The molecule has 2 aromatic rings. The summed E-state index contributed by atoms with van der Waals surface area (Å²) in [6.45, 7) is 3.61. The summed E-state index contributed by atoms with van der Waals surface area (Å²) < 4.78 is 5.35. The zero-order valence-corrected chi connectivity index (χ0v) is 14.1. The van der Waals surface area contributed by atoms with Gasteiger partial charge in [0.15, 0.2) is 0 Å². The van der Waals surface area contributed by atoms with E-state index in [1.54, 1.807) is 12.4 Å². The van der Waals surface area contributed by atoms with Crippen LogP contribution in [-0.2, 0) is 11.2 Å². The Balaban J connectivity index is 1.56. The van der Waals surface area contributed by atoms with Crippen molar-refractivity contribution in [1.82, 2.24) is 10.3 Å². The Bertz CT molecular complexity index is 702. The second kappa shape index (κ2) is 8.13. The van der Waals surface area contributed by atoms with Gasteiger partial charge < -0.3 is 15.0 Å². The van der Waals surface area contributed by atoms with Gasteiger partial charge in [0.05, 0.1) is 30.7 Å². The fourth-order valence-corrected chi connectivity index (χ4v) is 2.87. The van der Waals surface area contributed by atoms with Crippen molar-refractivity contribution in [3.63, 3.8) is 0 Å². The number of anilines is 1. The third kappa shape index (κ3) is 4.46. The van der Waals surface area contributed by atoms with E-state index in [0.717, 1.165) is 30.8 Å². The molecule has 1 aliphatic rings. The second-order valence-electron chi connectivity index (χ2n) is 5.67. The fraction of sp³-hybridized carbons (Fsp3) is 0.333. The Labute approximate surface area is 146 Å². The van der Waals surface area contributed by atoms with Crippen molar-refractivity contribution in [3.05, 3.63) is 58.9 Å². The summed E-state index contributed by atoms with van der Waals surface area (Å²) in [7, 11) is 0. The van der Waals surface area contributed by atoms with E-state index in [2.05, 4.69) is 15.2 Å². The van der Waals surface area contributed by atoms with Crippen LogP contribution in [0.25, 0.3) is 0 Å². The third-order valence-corrected chi connectivity index (χ3v) is 4.19. The van der Waals surface area contributed by atoms with Crippen LogP contribution in [-0.4, -0.2) is 43.7 Å². The van der Waals surface area contributed by atoms with Crippen molar-refractivity contribution in [2.75, 3.05) is 37.7 Å². The maximum absolute atomic E-state index is 12.3. The molecule has 3 rings (SSSR count). The number of hydrogen-bond donors (Lipinski definition) is 1. The Hall–Kier alpha value is -2.11. The molecule has 1 aromatic heterocycles. The highest BCUT2D eigenvalue weighted by molar-refractivity contribution is 6.30. The smallest absolute Gasteiger partial charge is 0.252 e. The van der Waals surface area contributed by atoms with Crippen molar-refractivity contribution in [3.8, 4) is 0 Å². The van der Waals surface area contributed by atoms with Crippen LogP contribution in [0.15, 0.2) is 42.7 Å². The van der Waals surface area contributed by atoms with Crippen molar-refractivity contribution in [1.29, 1.82) is 0 Å². The predicted octanol–water partition coefficient (Wildman–Crippen LogP) is 2.54. The largest absolute Gasteiger partial charge is 0.378 e. The molecule has 0 aliphatic carbocycles. The molecule has 1 saturated heterocycles. The first kappa shape index (κ1) is 16.7. The molecular weight excluding hydrogens is 326 g/mol. The Morgan fingerprint density at radius 3 is 2.88 bits per heavy atom. The predicted molar refractivity (Wildman–Crippen MR) is 94.8 cm³/mol. The number of amides is 1. The van der Waals surface area contributed by atoms with Crippen molar-refractivity contribution in [2.45, 2.75) is 6.42 Å². The van der Waals surface area contributed by atoms with Gasteiger partial charge in [-0.3, -0.25) is 9.78 Å². The van der Waals surface area contributed by atoms with Gasteiger partial charge in [-0.15, -0.1) is 0 Å². The van der Waals surface area contributed by atoms with Crippen LogP contribution in [0.5, 0.6) is 0 Å². The lowest BCUT2D eigenvalue weighted by Crippen LogP contribution is -2.36. The number of carbonyl (C=O) groups excluding carboxylic acids is 1.